The van der Waals surface area contributed by atoms with Gasteiger partial charge in [-0.05, 0) is 26.0 Å². The fourth-order valence-electron chi connectivity index (χ4n) is 2.87. The van der Waals surface area contributed by atoms with Gasteiger partial charge >= 0.3 is 12.1 Å². The van der Waals surface area contributed by atoms with Crippen molar-refractivity contribution in [2.24, 2.45) is 0 Å². The number of hydrogen-bond acceptors (Lipinski definition) is 4. The van der Waals surface area contributed by atoms with Crippen LogP contribution in [0, 0.1) is 0 Å². The molecule has 0 atom stereocenters. The molecule has 0 aliphatic heterocycles. The highest BCUT2D eigenvalue weighted by Gasteiger charge is 2.32. The van der Waals surface area contributed by atoms with Crippen LogP contribution in [0.25, 0.3) is 10.8 Å². The smallest absolute Gasteiger partial charge is 0.433 e. The lowest BCUT2D eigenvalue weighted by Crippen LogP contribution is -2.49. The van der Waals surface area contributed by atoms with E-state index in [1.165, 1.54) is 26.0 Å². The number of carbonyl (C=O) groups excluding carboxylic acids is 1. The molecule has 1 amide bonds. The normalized spacial score (nSPS) is 11.9. The summed E-state index contributed by atoms with van der Waals surface area (Å²) in [7, 11) is 0. The van der Waals surface area contributed by atoms with Crippen molar-refractivity contribution in [3.63, 3.8) is 0 Å². The van der Waals surface area contributed by atoms with Gasteiger partial charge in [-0.25, -0.2) is 4.79 Å². The standard InChI is InChI=1S/C22H18ClF3N2O4/c1-21(2,20(30)31)28-19(29)15-9-16(23)13-5-3-4-6-14(13)18(15)32-11-12-7-8-17(27-10-12)22(24,25)26/h3-10H,11H2,1-2H3,(H,28,29)(H,30,31). The number of nitrogens with one attached hydrogen (secondary N) is 1. The second-order valence-corrected chi connectivity index (χ2v) is 7.91. The Hall–Kier alpha value is -3.33. The first-order valence-corrected chi connectivity index (χ1v) is 9.70. The number of aromatic nitrogens is 1. The monoisotopic (exact) mass is 466 g/mol. The van der Waals surface area contributed by atoms with Crippen LogP contribution in [0.2, 0.25) is 5.02 Å². The maximum Gasteiger partial charge on any atom is 0.433 e. The molecule has 0 radical (unpaired) electrons. The Kier molecular flexibility index (Phi) is 6.32. The minimum absolute atomic E-state index is 0.0112. The van der Waals surface area contributed by atoms with Crippen LogP contribution in [-0.4, -0.2) is 27.5 Å². The van der Waals surface area contributed by atoms with E-state index in [4.69, 9.17) is 16.3 Å². The molecule has 6 nitrogen and oxygen atoms in total. The van der Waals surface area contributed by atoms with Crippen LogP contribution in [0.1, 0.15) is 35.5 Å². The molecule has 0 spiro atoms. The lowest BCUT2D eigenvalue weighted by Gasteiger charge is -2.22. The average Bonchev–Trinajstić information content (AvgIpc) is 2.72. The number of benzene rings is 2. The molecule has 168 valence electrons. The van der Waals surface area contributed by atoms with E-state index in [0.717, 1.165) is 12.3 Å². The van der Waals surface area contributed by atoms with E-state index in [2.05, 4.69) is 10.3 Å². The van der Waals surface area contributed by atoms with E-state index < -0.39 is 29.3 Å². The van der Waals surface area contributed by atoms with Crippen molar-refractivity contribution >= 4 is 34.2 Å². The zero-order chi connectivity index (χ0) is 23.7. The molecule has 0 unspecified atom stereocenters. The van der Waals surface area contributed by atoms with Crippen LogP contribution in [-0.2, 0) is 17.6 Å². The van der Waals surface area contributed by atoms with E-state index in [1.807, 2.05) is 0 Å². The Morgan fingerprint density at radius 1 is 1.12 bits per heavy atom. The average molecular weight is 467 g/mol. The summed E-state index contributed by atoms with van der Waals surface area (Å²) in [6.45, 7) is 2.47. The molecule has 0 saturated heterocycles. The Labute approximate surface area is 186 Å². The molecule has 1 aromatic heterocycles. The number of pyridine rings is 1. The third kappa shape index (κ3) is 4.94. The summed E-state index contributed by atoms with van der Waals surface area (Å²) in [4.78, 5) is 27.7. The Morgan fingerprint density at radius 2 is 1.78 bits per heavy atom. The zero-order valence-corrected chi connectivity index (χ0v) is 17.7. The van der Waals surface area contributed by atoms with Crippen molar-refractivity contribution in [3.05, 3.63) is 70.5 Å². The van der Waals surface area contributed by atoms with Crippen molar-refractivity contribution in [3.8, 4) is 5.75 Å². The van der Waals surface area contributed by atoms with E-state index in [1.54, 1.807) is 24.3 Å². The molecule has 0 aliphatic rings. The molecule has 3 rings (SSSR count). The molecule has 2 N–H and O–H groups in total. The molecule has 2 aromatic carbocycles. The van der Waals surface area contributed by atoms with Crippen LogP contribution in [0.3, 0.4) is 0 Å². The van der Waals surface area contributed by atoms with Gasteiger partial charge in [-0.1, -0.05) is 41.9 Å². The summed E-state index contributed by atoms with van der Waals surface area (Å²) >= 11 is 6.32. The first-order chi connectivity index (χ1) is 14.9. The van der Waals surface area contributed by atoms with Gasteiger partial charge < -0.3 is 15.2 Å². The van der Waals surface area contributed by atoms with E-state index in [-0.39, 0.29) is 22.9 Å². The summed E-state index contributed by atoms with van der Waals surface area (Å²) in [6.07, 6.45) is -3.53. The highest BCUT2D eigenvalue weighted by molar-refractivity contribution is 6.36. The number of hydrogen-bond donors (Lipinski definition) is 2. The fraction of sp³-hybridized carbons (Fsp3) is 0.227. The second kappa shape index (κ2) is 8.66. The largest absolute Gasteiger partial charge is 0.487 e. The Bertz CT molecular complexity index is 1180. The third-order valence-corrected chi connectivity index (χ3v) is 4.96. The molecule has 0 aliphatic carbocycles. The number of alkyl halides is 3. The van der Waals surface area contributed by atoms with Crippen LogP contribution >= 0.6 is 11.6 Å². The van der Waals surface area contributed by atoms with Crippen molar-refractivity contribution in [2.45, 2.75) is 32.2 Å². The van der Waals surface area contributed by atoms with Gasteiger partial charge in [0, 0.05) is 27.6 Å². The minimum Gasteiger partial charge on any atom is -0.487 e. The van der Waals surface area contributed by atoms with Gasteiger partial charge in [-0.2, -0.15) is 13.2 Å². The number of amides is 1. The quantitative estimate of drug-likeness (QED) is 0.529. The van der Waals surface area contributed by atoms with Crippen LogP contribution in [0.5, 0.6) is 5.75 Å². The van der Waals surface area contributed by atoms with Crippen LogP contribution in [0.15, 0.2) is 48.7 Å². The maximum atomic E-state index is 12.9. The molecular weight excluding hydrogens is 449 g/mol. The highest BCUT2D eigenvalue weighted by atomic mass is 35.5. The van der Waals surface area contributed by atoms with Gasteiger partial charge in [-0.3, -0.25) is 9.78 Å². The van der Waals surface area contributed by atoms with Gasteiger partial charge in [-0.15, -0.1) is 0 Å². The van der Waals surface area contributed by atoms with Gasteiger partial charge in [0.15, 0.2) is 0 Å². The fourth-order valence-corrected chi connectivity index (χ4v) is 3.14. The molecule has 1 heterocycles. The number of halogens is 4. The van der Waals surface area contributed by atoms with Crippen molar-refractivity contribution in [1.82, 2.24) is 10.3 Å². The summed E-state index contributed by atoms with van der Waals surface area (Å²) < 4.78 is 44.0. The van der Waals surface area contributed by atoms with E-state index in [9.17, 15) is 27.9 Å². The number of rotatable bonds is 6. The van der Waals surface area contributed by atoms with Gasteiger partial charge in [0.1, 0.15) is 23.6 Å². The topological polar surface area (TPSA) is 88.5 Å². The number of fused-ring (bicyclic) bond motifs is 1. The molecule has 0 bridgehead atoms. The van der Waals surface area contributed by atoms with Crippen molar-refractivity contribution < 1.29 is 32.6 Å². The number of nitrogens with zero attached hydrogens (tertiary/aromatic N) is 1. The number of aliphatic carboxylic acids is 1. The summed E-state index contributed by atoms with van der Waals surface area (Å²) in [5.74, 6) is -1.86. The molecule has 32 heavy (non-hydrogen) atoms. The summed E-state index contributed by atoms with van der Waals surface area (Å²) in [5.41, 5.74) is -2.27. The second-order valence-electron chi connectivity index (χ2n) is 7.50. The SMILES string of the molecule is CC(C)(NC(=O)c1cc(Cl)c2ccccc2c1OCc1ccc(C(F)(F)F)nc1)C(=O)O. The highest BCUT2D eigenvalue weighted by Crippen LogP contribution is 2.36. The van der Waals surface area contributed by atoms with Gasteiger partial charge in [0.05, 0.1) is 5.56 Å². The zero-order valence-electron chi connectivity index (χ0n) is 17.0. The van der Waals surface area contributed by atoms with Crippen molar-refractivity contribution in [2.75, 3.05) is 0 Å². The Morgan fingerprint density at radius 3 is 2.34 bits per heavy atom. The molecule has 10 heteroatoms. The van der Waals surface area contributed by atoms with Crippen LogP contribution in [0.4, 0.5) is 13.2 Å². The number of carboxylic acid groups (broad SMARTS) is 1. The molecule has 3 aromatic rings. The number of carboxylic acids is 1. The Balaban J connectivity index is 1.99. The van der Waals surface area contributed by atoms with E-state index >= 15 is 0 Å². The van der Waals surface area contributed by atoms with Crippen molar-refractivity contribution in [1.29, 1.82) is 0 Å². The molecular formula is C22H18ClF3N2O4. The number of carbonyl (C=O) groups is 2. The summed E-state index contributed by atoms with van der Waals surface area (Å²) in [6, 6.07) is 10.2. The predicted octanol–water partition coefficient (Wildman–Crippen LogP) is 5.08. The summed E-state index contributed by atoms with van der Waals surface area (Å²) in [5, 5.41) is 13.0. The number of ether oxygens (including phenoxy) is 1. The first-order valence-electron chi connectivity index (χ1n) is 9.32. The van der Waals surface area contributed by atoms with Gasteiger partial charge in [0.25, 0.3) is 5.91 Å². The molecule has 0 fully saturated rings. The first kappa shape index (κ1) is 23.3. The van der Waals surface area contributed by atoms with Crippen LogP contribution < -0.4 is 10.1 Å². The predicted molar refractivity (Wildman–Crippen MR) is 112 cm³/mol. The molecule has 0 saturated carbocycles. The van der Waals surface area contributed by atoms with E-state index in [0.29, 0.717) is 16.3 Å². The third-order valence-electron chi connectivity index (χ3n) is 4.65. The lowest BCUT2D eigenvalue weighted by atomic mass is 10.0. The van der Waals surface area contributed by atoms with Gasteiger partial charge in [0.2, 0.25) is 0 Å². The maximum absolute atomic E-state index is 12.9. The minimum atomic E-state index is -4.56. The lowest BCUT2D eigenvalue weighted by molar-refractivity contribution is -0.143.